The molecule has 0 fully saturated rings. The molecular weight excluding hydrogens is 166 g/mol. The zero-order valence-electron chi connectivity index (χ0n) is 7.74. The van der Waals surface area contributed by atoms with Crippen molar-refractivity contribution in [2.45, 2.75) is 19.9 Å². The van der Waals surface area contributed by atoms with Gasteiger partial charge in [0.1, 0.15) is 5.82 Å². The molecule has 1 rings (SSSR count). The van der Waals surface area contributed by atoms with Gasteiger partial charge in [-0.2, -0.15) is 0 Å². The maximum absolute atomic E-state index is 11.2. The lowest BCUT2D eigenvalue weighted by Gasteiger charge is -2.08. The van der Waals surface area contributed by atoms with Crippen LogP contribution in [0.3, 0.4) is 0 Å². The lowest BCUT2D eigenvalue weighted by atomic mass is 10.4. The number of rotatable bonds is 2. The van der Waals surface area contributed by atoms with Gasteiger partial charge in [0.25, 0.3) is 0 Å². The highest BCUT2D eigenvalue weighted by Crippen LogP contribution is 1.98. The third-order valence-electron chi connectivity index (χ3n) is 1.33. The molecule has 13 heavy (non-hydrogen) atoms. The third kappa shape index (κ3) is 3.55. The number of nitrogens with one attached hydrogen (secondary N) is 2. The molecule has 0 saturated heterocycles. The maximum atomic E-state index is 11.2. The topological polar surface area (TPSA) is 54.0 Å². The van der Waals surface area contributed by atoms with E-state index in [0.717, 1.165) is 0 Å². The van der Waals surface area contributed by atoms with Crippen molar-refractivity contribution < 1.29 is 4.79 Å². The molecule has 0 aromatic carbocycles. The minimum Gasteiger partial charge on any atom is -0.336 e. The van der Waals surface area contributed by atoms with Gasteiger partial charge >= 0.3 is 6.03 Å². The molecule has 0 radical (unpaired) electrons. The minimum absolute atomic E-state index is 0.128. The van der Waals surface area contributed by atoms with Crippen molar-refractivity contribution in [2.75, 3.05) is 5.32 Å². The number of aromatic nitrogens is 1. The first-order chi connectivity index (χ1) is 6.18. The summed E-state index contributed by atoms with van der Waals surface area (Å²) in [5, 5.41) is 5.31. The first-order valence-corrected chi connectivity index (χ1v) is 4.17. The summed E-state index contributed by atoms with van der Waals surface area (Å²) in [5.41, 5.74) is 0. The normalized spacial score (nSPS) is 9.77. The molecule has 0 bridgehead atoms. The van der Waals surface area contributed by atoms with Crippen molar-refractivity contribution in [1.82, 2.24) is 10.3 Å². The molecule has 0 aliphatic rings. The highest BCUT2D eigenvalue weighted by Gasteiger charge is 2.02. The number of anilines is 1. The van der Waals surface area contributed by atoms with Gasteiger partial charge in [-0.05, 0) is 26.0 Å². The van der Waals surface area contributed by atoms with Gasteiger partial charge in [-0.15, -0.1) is 0 Å². The van der Waals surface area contributed by atoms with Crippen LogP contribution < -0.4 is 10.6 Å². The van der Waals surface area contributed by atoms with E-state index in [1.54, 1.807) is 18.3 Å². The maximum Gasteiger partial charge on any atom is 0.320 e. The second-order valence-corrected chi connectivity index (χ2v) is 2.97. The van der Waals surface area contributed by atoms with Gasteiger partial charge in [-0.25, -0.2) is 9.78 Å². The zero-order valence-corrected chi connectivity index (χ0v) is 7.74. The first kappa shape index (κ1) is 9.51. The van der Waals surface area contributed by atoms with Crippen molar-refractivity contribution in [3.8, 4) is 0 Å². The van der Waals surface area contributed by atoms with Gasteiger partial charge in [0.15, 0.2) is 0 Å². The Labute approximate surface area is 77.4 Å². The van der Waals surface area contributed by atoms with Crippen LogP contribution in [-0.2, 0) is 0 Å². The number of amides is 2. The standard InChI is InChI=1S/C9H13N3O/c1-7(2)11-9(13)12-8-5-3-4-6-10-8/h3-7H,1-2H3,(H2,10,11,12,13). The summed E-state index contributed by atoms with van der Waals surface area (Å²) in [4.78, 5) is 15.1. The Kier molecular flexibility index (Phi) is 3.25. The van der Waals surface area contributed by atoms with E-state index in [2.05, 4.69) is 15.6 Å². The van der Waals surface area contributed by atoms with Crippen LogP contribution in [0.25, 0.3) is 0 Å². The molecule has 0 unspecified atom stereocenters. The van der Waals surface area contributed by atoms with E-state index in [9.17, 15) is 4.79 Å². The number of pyridine rings is 1. The summed E-state index contributed by atoms with van der Waals surface area (Å²) < 4.78 is 0. The van der Waals surface area contributed by atoms with Crippen molar-refractivity contribution in [2.24, 2.45) is 0 Å². The molecular formula is C9H13N3O. The van der Waals surface area contributed by atoms with E-state index >= 15 is 0 Å². The molecule has 1 heterocycles. The largest absolute Gasteiger partial charge is 0.336 e. The fourth-order valence-electron chi connectivity index (χ4n) is 0.851. The molecule has 0 saturated carbocycles. The number of urea groups is 1. The lowest BCUT2D eigenvalue weighted by molar-refractivity contribution is 0.250. The number of carbonyl (C=O) groups is 1. The van der Waals surface area contributed by atoms with Crippen LogP contribution in [0.2, 0.25) is 0 Å². The third-order valence-corrected chi connectivity index (χ3v) is 1.33. The van der Waals surface area contributed by atoms with E-state index in [1.165, 1.54) is 0 Å². The molecule has 0 atom stereocenters. The summed E-state index contributed by atoms with van der Waals surface area (Å²) in [7, 11) is 0. The monoisotopic (exact) mass is 179 g/mol. The predicted molar refractivity (Wildman–Crippen MR) is 51.5 cm³/mol. The van der Waals surface area contributed by atoms with Gasteiger partial charge in [0.05, 0.1) is 0 Å². The Balaban J connectivity index is 2.46. The van der Waals surface area contributed by atoms with Crippen LogP contribution in [-0.4, -0.2) is 17.1 Å². The fraction of sp³-hybridized carbons (Fsp3) is 0.333. The van der Waals surface area contributed by atoms with E-state index in [4.69, 9.17) is 0 Å². The predicted octanol–water partition coefficient (Wildman–Crippen LogP) is 1.61. The van der Waals surface area contributed by atoms with Gasteiger partial charge in [-0.1, -0.05) is 6.07 Å². The van der Waals surface area contributed by atoms with E-state index in [1.807, 2.05) is 19.9 Å². The molecule has 2 amide bonds. The fourth-order valence-corrected chi connectivity index (χ4v) is 0.851. The molecule has 4 heteroatoms. The second kappa shape index (κ2) is 4.45. The Morgan fingerprint density at radius 2 is 2.23 bits per heavy atom. The van der Waals surface area contributed by atoms with Gasteiger partial charge in [0.2, 0.25) is 0 Å². The van der Waals surface area contributed by atoms with Gasteiger partial charge < -0.3 is 5.32 Å². The summed E-state index contributed by atoms with van der Waals surface area (Å²) in [6.45, 7) is 3.80. The summed E-state index contributed by atoms with van der Waals surface area (Å²) in [5.74, 6) is 0.556. The van der Waals surface area contributed by atoms with Gasteiger partial charge in [0, 0.05) is 12.2 Å². The highest BCUT2D eigenvalue weighted by atomic mass is 16.2. The number of carbonyl (C=O) groups excluding carboxylic acids is 1. The highest BCUT2D eigenvalue weighted by molar-refractivity contribution is 5.88. The number of hydrogen-bond donors (Lipinski definition) is 2. The Morgan fingerprint density at radius 1 is 1.46 bits per heavy atom. The summed E-state index contributed by atoms with van der Waals surface area (Å²) in [6, 6.07) is 5.25. The van der Waals surface area contributed by atoms with E-state index in [-0.39, 0.29) is 12.1 Å². The summed E-state index contributed by atoms with van der Waals surface area (Å²) >= 11 is 0. The van der Waals surface area contributed by atoms with Crippen molar-refractivity contribution in [1.29, 1.82) is 0 Å². The molecule has 0 spiro atoms. The molecule has 4 nitrogen and oxygen atoms in total. The quantitative estimate of drug-likeness (QED) is 0.724. The minimum atomic E-state index is -0.228. The second-order valence-electron chi connectivity index (χ2n) is 2.97. The Morgan fingerprint density at radius 3 is 2.77 bits per heavy atom. The first-order valence-electron chi connectivity index (χ1n) is 4.17. The van der Waals surface area contributed by atoms with Crippen LogP contribution in [0.15, 0.2) is 24.4 Å². The zero-order chi connectivity index (χ0) is 9.68. The molecule has 70 valence electrons. The molecule has 0 aliphatic carbocycles. The Bertz CT molecular complexity index is 271. The number of nitrogens with zero attached hydrogens (tertiary/aromatic N) is 1. The van der Waals surface area contributed by atoms with Crippen molar-refractivity contribution in [3.63, 3.8) is 0 Å². The smallest absolute Gasteiger partial charge is 0.320 e. The SMILES string of the molecule is CC(C)NC(=O)Nc1ccccn1. The van der Waals surface area contributed by atoms with Crippen molar-refractivity contribution >= 4 is 11.8 Å². The van der Waals surface area contributed by atoms with Crippen LogP contribution in [0.4, 0.5) is 10.6 Å². The van der Waals surface area contributed by atoms with Gasteiger partial charge in [-0.3, -0.25) is 5.32 Å². The van der Waals surface area contributed by atoms with E-state index < -0.39 is 0 Å². The molecule has 0 aliphatic heterocycles. The number of hydrogen-bond acceptors (Lipinski definition) is 2. The lowest BCUT2D eigenvalue weighted by Crippen LogP contribution is -2.34. The average Bonchev–Trinajstić information content (AvgIpc) is 2.04. The summed E-state index contributed by atoms with van der Waals surface area (Å²) in [6.07, 6.45) is 1.63. The van der Waals surface area contributed by atoms with E-state index in [0.29, 0.717) is 5.82 Å². The molecule has 2 N–H and O–H groups in total. The van der Waals surface area contributed by atoms with Crippen LogP contribution in [0.5, 0.6) is 0 Å². The van der Waals surface area contributed by atoms with Crippen molar-refractivity contribution in [3.05, 3.63) is 24.4 Å². The van der Waals surface area contributed by atoms with Crippen LogP contribution >= 0.6 is 0 Å². The molecule has 1 aromatic rings. The van der Waals surface area contributed by atoms with Crippen LogP contribution in [0.1, 0.15) is 13.8 Å². The molecule has 1 aromatic heterocycles. The Hall–Kier alpha value is -1.58. The van der Waals surface area contributed by atoms with Crippen LogP contribution in [0, 0.1) is 0 Å². The average molecular weight is 179 g/mol.